The second kappa shape index (κ2) is 3.85. The summed E-state index contributed by atoms with van der Waals surface area (Å²) in [6, 6.07) is 0. The maximum Gasteiger partial charge on any atom is 0.313 e. The maximum absolute atomic E-state index is 11.0. The highest BCUT2D eigenvalue weighted by Crippen LogP contribution is 1.94. The van der Waals surface area contributed by atoms with Crippen LogP contribution >= 0.6 is 0 Å². The number of nitrogens with zero attached hydrogens (tertiary/aromatic N) is 3. The first-order valence-electron chi connectivity index (χ1n) is 3.72. The summed E-state index contributed by atoms with van der Waals surface area (Å²) in [4.78, 5) is 14.8. The van der Waals surface area contributed by atoms with Gasteiger partial charge in [-0.1, -0.05) is 0 Å². The molecule has 0 aliphatic heterocycles. The third-order valence-electron chi connectivity index (χ3n) is 1.41. The number of aryl methyl sites for hydroxylation is 1. The molecule has 0 spiro atoms. The molecular weight excluding hydrogens is 158 g/mol. The largest absolute Gasteiger partial charge is 0.466 e. The summed E-state index contributed by atoms with van der Waals surface area (Å²) in [6.07, 6.45) is 1.60. The number of hydrogen-bond donors (Lipinski definition) is 0. The maximum atomic E-state index is 11.0. The Labute approximate surface area is 70.4 Å². The lowest BCUT2D eigenvalue weighted by Crippen LogP contribution is -2.11. The Bertz CT molecular complexity index is 269. The van der Waals surface area contributed by atoms with Gasteiger partial charge < -0.3 is 4.74 Å². The Morgan fingerprint density at radius 1 is 1.75 bits per heavy atom. The quantitative estimate of drug-likeness (QED) is 0.594. The first-order valence-corrected chi connectivity index (χ1v) is 3.72. The van der Waals surface area contributed by atoms with Gasteiger partial charge in [0.05, 0.1) is 6.61 Å². The molecule has 0 saturated heterocycles. The SMILES string of the molecule is CCOC(=O)Cc1ncnn1C. The van der Waals surface area contributed by atoms with Crippen molar-refractivity contribution >= 4 is 5.97 Å². The Kier molecular flexibility index (Phi) is 2.79. The molecule has 12 heavy (non-hydrogen) atoms. The monoisotopic (exact) mass is 169 g/mol. The molecule has 0 aliphatic carbocycles. The van der Waals surface area contributed by atoms with Crippen LogP contribution in [0.1, 0.15) is 12.7 Å². The van der Waals surface area contributed by atoms with E-state index in [4.69, 9.17) is 4.74 Å². The lowest BCUT2D eigenvalue weighted by molar-refractivity contribution is -0.142. The van der Waals surface area contributed by atoms with E-state index in [2.05, 4.69) is 10.1 Å². The zero-order chi connectivity index (χ0) is 8.97. The van der Waals surface area contributed by atoms with Crippen molar-refractivity contribution in [2.75, 3.05) is 6.61 Å². The van der Waals surface area contributed by atoms with Crippen molar-refractivity contribution in [3.8, 4) is 0 Å². The zero-order valence-electron chi connectivity index (χ0n) is 7.15. The van der Waals surface area contributed by atoms with Gasteiger partial charge in [-0.15, -0.1) is 0 Å². The van der Waals surface area contributed by atoms with Crippen LogP contribution in [0.4, 0.5) is 0 Å². The summed E-state index contributed by atoms with van der Waals surface area (Å²) in [5.41, 5.74) is 0. The van der Waals surface area contributed by atoms with Gasteiger partial charge in [0.25, 0.3) is 0 Å². The van der Waals surface area contributed by atoms with Gasteiger partial charge in [0.1, 0.15) is 18.6 Å². The molecule has 66 valence electrons. The van der Waals surface area contributed by atoms with Crippen LogP contribution in [0.5, 0.6) is 0 Å². The van der Waals surface area contributed by atoms with Crippen LogP contribution in [-0.4, -0.2) is 27.3 Å². The number of carbonyl (C=O) groups is 1. The van der Waals surface area contributed by atoms with Crippen molar-refractivity contribution < 1.29 is 9.53 Å². The van der Waals surface area contributed by atoms with Gasteiger partial charge in [-0.05, 0) is 6.92 Å². The summed E-state index contributed by atoms with van der Waals surface area (Å²) < 4.78 is 6.30. The lowest BCUT2D eigenvalue weighted by Gasteiger charge is -1.99. The minimum Gasteiger partial charge on any atom is -0.466 e. The number of ether oxygens (including phenoxy) is 1. The summed E-state index contributed by atoms with van der Waals surface area (Å²) in [5.74, 6) is 0.349. The van der Waals surface area contributed by atoms with Crippen LogP contribution in [0.25, 0.3) is 0 Å². The average molecular weight is 169 g/mol. The highest BCUT2D eigenvalue weighted by molar-refractivity contribution is 5.71. The number of aromatic nitrogens is 3. The number of carbonyl (C=O) groups excluding carboxylic acids is 1. The zero-order valence-corrected chi connectivity index (χ0v) is 7.15. The van der Waals surface area contributed by atoms with Crippen LogP contribution in [0.3, 0.4) is 0 Å². The highest BCUT2D eigenvalue weighted by Gasteiger charge is 2.07. The van der Waals surface area contributed by atoms with E-state index in [9.17, 15) is 4.79 Å². The van der Waals surface area contributed by atoms with Gasteiger partial charge in [0, 0.05) is 7.05 Å². The van der Waals surface area contributed by atoms with Gasteiger partial charge in [-0.2, -0.15) is 5.10 Å². The van der Waals surface area contributed by atoms with E-state index in [1.807, 2.05) is 0 Å². The number of hydrogen-bond acceptors (Lipinski definition) is 4. The molecule has 0 N–H and O–H groups in total. The van der Waals surface area contributed by atoms with E-state index < -0.39 is 0 Å². The van der Waals surface area contributed by atoms with Crippen molar-refractivity contribution in [3.05, 3.63) is 12.2 Å². The van der Waals surface area contributed by atoms with Crippen LogP contribution in [0.15, 0.2) is 6.33 Å². The van der Waals surface area contributed by atoms with Crippen molar-refractivity contribution in [1.82, 2.24) is 14.8 Å². The summed E-state index contributed by atoms with van der Waals surface area (Å²) >= 11 is 0. The smallest absolute Gasteiger partial charge is 0.313 e. The normalized spacial score (nSPS) is 9.83. The molecule has 5 heteroatoms. The van der Waals surface area contributed by atoms with Crippen molar-refractivity contribution in [2.24, 2.45) is 7.05 Å². The van der Waals surface area contributed by atoms with Crippen LogP contribution < -0.4 is 0 Å². The van der Waals surface area contributed by atoms with Gasteiger partial charge >= 0.3 is 5.97 Å². The summed E-state index contributed by atoms with van der Waals surface area (Å²) in [5, 5.41) is 3.83. The standard InChI is InChI=1S/C7H11N3O2/c1-3-12-7(11)4-6-8-5-9-10(6)2/h5H,3-4H2,1-2H3. The molecule has 0 unspecified atom stereocenters. The average Bonchev–Trinajstić information content (AvgIpc) is 2.37. The number of esters is 1. The Morgan fingerprint density at radius 2 is 2.50 bits per heavy atom. The van der Waals surface area contributed by atoms with E-state index >= 15 is 0 Å². The molecule has 1 aromatic heterocycles. The fourth-order valence-corrected chi connectivity index (χ4v) is 0.821. The van der Waals surface area contributed by atoms with Crippen molar-refractivity contribution in [2.45, 2.75) is 13.3 Å². The fraction of sp³-hybridized carbons (Fsp3) is 0.571. The molecule has 1 heterocycles. The fourth-order valence-electron chi connectivity index (χ4n) is 0.821. The van der Waals surface area contributed by atoms with Crippen LogP contribution in [0.2, 0.25) is 0 Å². The third kappa shape index (κ3) is 2.05. The van der Waals surface area contributed by atoms with Gasteiger partial charge in [0.15, 0.2) is 0 Å². The molecule has 0 saturated carbocycles. The van der Waals surface area contributed by atoms with Crippen LogP contribution in [0, 0.1) is 0 Å². The third-order valence-corrected chi connectivity index (χ3v) is 1.41. The van der Waals surface area contributed by atoms with E-state index in [1.165, 1.54) is 6.33 Å². The second-order valence-corrected chi connectivity index (χ2v) is 2.28. The van der Waals surface area contributed by atoms with Gasteiger partial charge in [-0.3, -0.25) is 9.48 Å². The predicted octanol–water partition coefficient (Wildman–Crippen LogP) is -0.0793. The molecule has 0 aliphatic rings. The minimum absolute atomic E-state index is 0.185. The molecule has 0 radical (unpaired) electrons. The van der Waals surface area contributed by atoms with Crippen molar-refractivity contribution in [1.29, 1.82) is 0 Å². The van der Waals surface area contributed by atoms with Crippen LogP contribution in [-0.2, 0) is 23.0 Å². The topological polar surface area (TPSA) is 57.0 Å². The lowest BCUT2D eigenvalue weighted by atomic mass is 10.4. The predicted molar refractivity (Wildman–Crippen MR) is 41.3 cm³/mol. The highest BCUT2D eigenvalue weighted by atomic mass is 16.5. The van der Waals surface area contributed by atoms with E-state index in [0.29, 0.717) is 12.4 Å². The molecule has 5 nitrogen and oxygen atoms in total. The molecule has 1 rings (SSSR count). The van der Waals surface area contributed by atoms with E-state index in [1.54, 1.807) is 18.7 Å². The van der Waals surface area contributed by atoms with Crippen molar-refractivity contribution in [3.63, 3.8) is 0 Å². The van der Waals surface area contributed by atoms with Gasteiger partial charge in [-0.25, -0.2) is 4.98 Å². The molecule has 1 aromatic rings. The number of rotatable bonds is 3. The van der Waals surface area contributed by atoms with E-state index in [0.717, 1.165) is 0 Å². The Balaban J connectivity index is 2.52. The Hall–Kier alpha value is -1.39. The molecule has 0 fully saturated rings. The molecule has 0 bridgehead atoms. The summed E-state index contributed by atoms with van der Waals surface area (Å²) in [6.45, 7) is 2.17. The minimum atomic E-state index is -0.270. The summed E-state index contributed by atoms with van der Waals surface area (Å²) in [7, 11) is 1.74. The molecule has 0 aromatic carbocycles. The second-order valence-electron chi connectivity index (χ2n) is 2.28. The van der Waals surface area contributed by atoms with E-state index in [-0.39, 0.29) is 12.4 Å². The molecule has 0 amide bonds. The Morgan fingerprint density at radius 3 is 3.00 bits per heavy atom. The first-order chi connectivity index (χ1) is 5.74. The molecular formula is C7H11N3O2. The molecule has 0 atom stereocenters. The first kappa shape index (κ1) is 8.70. The van der Waals surface area contributed by atoms with Gasteiger partial charge in [0.2, 0.25) is 0 Å².